The first-order valence-corrected chi connectivity index (χ1v) is 6.88. The number of aryl methyl sites for hydroxylation is 1. The van der Waals surface area contributed by atoms with Gasteiger partial charge in [0.15, 0.2) is 5.70 Å². The van der Waals surface area contributed by atoms with Crippen LogP contribution in [0.5, 0.6) is 0 Å². The molecule has 114 valence electrons. The minimum Gasteiger partial charge on any atom is -0.402 e. The highest BCUT2D eigenvalue weighted by atomic mass is 16.6. The Morgan fingerprint density at radius 2 is 1.83 bits per heavy atom. The maximum Gasteiger partial charge on any atom is 0.363 e. The predicted molar refractivity (Wildman–Crippen MR) is 84.9 cm³/mol. The Morgan fingerprint density at radius 1 is 1.13 bits per heavy atom. The van der Waals surface area contributed by atoms with Crippen LogP contribution in [-0.4, -0.2) is 16.8 Å². The maximum atomic E-state index is 12.0. The first-order valence-electron chi connectivity index (χ1n) is 6.88. The van der Waals surface area contributed by atoms with Crippen LogP contribution in [0.1, 0.15) is 16.7 Å². The van der Waals surface area contributed by atoms with Gasteiger partial charge in [-0.3, -0.25) is 10.1 Å². The minimum atomic E-state index is -0.624. The molecular formula is C17H12N2O4. The van der Waals surface area contributed by atoms with Crippen LogP contribution in [0.4, 0.5) is 5.69 Å². The number of benzene rings is 2. The van der Waals surface area contributed by atoms with E-state index in [0.29, 0.717) is 11.1 Å². The van der Waals surface area contributed by atoms with Crippen LogP contribution >= 0.6 is 0 Å². The van der Waals surface area contributed by atoms with Crippen LogP contribution in [0.3, 0.4) is 0 Å². The van der Waals surface area contributed by atoms with Gasteiger partial charge in [0.2, 0.25) is 5.90 Å². The molecule has 0 fully saturated rings. The molecule has 0 bridgehead atoms. The second kappa shape index (κ2) is 5.84. The lowest BCUT2D eigenvalue weighted by molar-refractivity contribution is -0.385. The first-order chi connectivity index (χ1) is 11.1. The highest BCUT2D eigenvalue weighted by molar-refractivity contribution is 6.13. The summed E-state index contributed by atoms with van der Waals surface area (Å²) in [5.74, 6) is -0.417. The number of hydrogen-bond donors (Lipinski definition) is 0. The Morgan fingerprint density at radius 3 is 2.57 bits per heavy atom. The number of hydrogen-bond acceptors (Lipinski definition) is 5. The van der Waals surface area contributed by atoms with Gasteiger partial charge in [-0.25, -0.2) is 9.79 Å². The van der Waals surface area contributed by atoms with Crippen molar-refractivity contribution in [2.24, 2.45) is 4.99 Å². The Balaban J connectivity index is 2.03. The third kappa shape index (κ3) is 2.87. The van der Waals surface area contributed by atoms with Gasteiger partial charge in [-0.1, -0.05) is 30.3 Å². The summed E-state index contributed by atoms with van der Waals surface area (Å²) in [6.45, 7) is 1.88. The van der Waals surface area contributed by atoms with Gasteiger partial charge >= 0.3 is 5.97 Å². The SMILES string of the molecule is Cc1ccccc1C1=N/C(=C/c2ccccc2[N+](=O)[O-])C(=O)O1. The molecule has 0 amide bonds. The first kappa shape index (κ1) is 14.6. The Kier molecular flexibility index (Phi) is 3.72. The van der Waals surface area contributed by atoms with Crippen LogP contribution in [0.15, 0.2) is 59.2 Å². The number of aliphatic imine (C=N–C) groups is 1. The lowest BCUT2D eigenvalue weighted by Gasteiger charge is -2.02. The largest absolute Gasteiger partial charge is 0.402 e. The standard InChI is InChI=1S/C17H12N2O4/c1-11-6-2-4-8-13(11)16-18-14(17(20)23-16)10-12-7-3-5-9-15(12)19(21)22/h2-10H,1H3/b14-10+. The summed E-state index contributed by atoms with van der Waals surface area (Å²) in [6, 6.07) is 13.5. The summed E-state index contributed by atoms with van der Waals surface area (Å²) >= 11 is 0. The number of nitro benzene ring substituents is 1. The van der Waals surface area contributed by atoms with E-state index in [-0.39, 0.29) is 17.3 Å². The lowest BCUT2D eigenvalue weighted by atomic mass is 10.1. The van der Waals surface area contributed by atoms with E-state index in [0.717, 1.165) is 5.56 Å². The van der Waals surface area contributed by atoms with E-state index < -0.39 is 10.9 Å². The highest BCUT2D eigenvalue weighted by Crippen LogP contribution is 2.25. The molecule has 1 aliphatic heterocycles. The molecule has 3 rings (SSSR count). The van der Waals surface area contributed by atoms with Crippen LogP contribution in [-0.2, 0) is 9.53 Å². The van der Waals surface area contributed by atoms with Crippen molar-refractivity contribution < 1.29 is 14.5 Å². The van der Waals surface area contributed by atoms with E-state index >= 15 is 0 Å². The number of rotatable bonds is 3. The van der Waals surface area contributed by atoms with Gasteiger partial charge in [-0.2, -0.15) is 0 Å². The second-order valence-electron chi connectivity index (χ2n) is 4.97. The number of carbonyl (C=O) groups excluding carboxylic acids is 1. The van der Waals surface area contributed by atoms with Crippen LogP contribution in [0.25, 0.3) is 6.08 Å². The fourth-order valence-electron chi connectivity index (χ4n) is 2.26. The summed E-state index contributed by atoms with van der Waals surface area (Å²) in [5, 5.41) is 11.0. The van der Waals surface area contributed by atoms with Crippen LogP contribution in [0, 0.1) is 17.0 Å². The number of cyclic esters (lactones) is 1. The molecule has 0 saturated heterocycles. The predicted octanol–water partition coefficient (Wildman–Crippen LogP) is 3.25. The van der Waals surface area contributed by atoms with Crippen LogP contribution < -0.4 is 0 Å². The summed E-state index contributed by atoms with van der Waals surface area (Å²) < 4.78 is 5.19. The van der Waals surface area contributed by atoms with Crippen molar-refractivity contribution in [2.45, 2.75) is 6.92 Å². The second-order valence-corrected chi connectivity index (χ2v) is 4.97. The van der Waals surface area contributed by atoms with Crippen molar-refractivity contribution in [3.05, 3.63) is 81.0 Å². The average Bonchev–Trinajstić information content (AvgIpc) is 2.89. The van der Waals surface area contributed by atoms with E-state index in [1.165, 1.54) is 12.1 Å². The molecule has 2 aromatic carbocycles. The third-order valence-electron chi connectivity index (χ3n) is 3.42. The molecule has 0 saturated carbocycles. The zero-order chi connectivity index (χ0) is 16.4. The molecule has 1 heterocycles. The normalized spacial score (nSPS) is 15.4. The van der Waals surface area contributed by atoms with Gasteiger partial charge in [-0.15, -0.1) is 0 Å². The Hall–Kier alpha value is -3.28. The van der Waals surface area contributed by atoms with Gasteiger partial charge in [0.25, 0.3) is 5.69 Å². The molecule has 0 spiro atoms. The molecule has 0 aromatic heterocycles. The maximum absolute atomic E-state index is 12.0. The van der Waals surface area contributed by atoms with Crippen molar-refractivity contribution in [1.82, 2.24) is 0 Å². The van der Waals surface area contributed by atoms with E-state index in [1.807, 2.05) is 25.1 Å². The van der Waals surface area contributed by atoms with Crippen molar-refractivity contribution in [3.8, 4) is 0 Å². The van der Waals surface area contributed by atoms with Gasteiger partial charge in [0.05, 0.1) is 10.5 Å². The number of nitrogens with zero attached hydrogens (tertiary/aromatic N) is 2. The molecular weight excluding hydrogens is 296 g/mol. The fourth-order valence-corrected chi connectivity index (χ4v) is 2.26. The van der Waals surface area contributed by atoms with Crippen molar-refractivity contribution in [3.63, 3.8) is 0 Å². The van der Waals surface area contributed by atoms with Gasteiger partial charge < -0.3 is 4.74 Å². The Bertz CT molecular complexity index is 868. The fraction of sp³-hybridized carbons (Fsp3) is 0.0588. The van der Waals surface area contributed by atoms with Gasteiger partial charge in [0.1, 0.15) is 0 Å². The molecule has 23 heavy (non-hydrogen) atoms. The van der Waals surface area contributed by atoms with E-state index in [9.17, 15) is 14.9 Å². The number of para-hydroxylation sites is 1. The number of ether oxygens (including phenoxy) is 1. The highest BCUT2D eigenvalue weighted by Gasteiger charge is 2.26. The summed E-state index contributed by atoms with van der Waals surface area (Å²) in [4.78, 5) is 26.7. The van der Waals surface area contributed by atoms with Crippen molar-refractivity contribution >= 4 is 23.6 Å². The molecule has 6 nitrogen and oxygen atoms in total. The van der Waals surface area contributed by atoms with E-state index in [2.05, 4.69) is 4.99 Å². The topological polar surface area (TPSA) is 81.8 Å². The zero-order valence-electron chi connectivity index (χ0n) is 12.2. The lowest BCUT2D eigenvalue weighted by Crippen LogP contribution is -2.06. The number of carbonyl (C=O) groups is 1. The van der Waals surface area contributed by atoms with Crippen molar-refractivity contribution in [2.75, 3.05) is 0 Å². The van der Waals surface area contributed by atoms with Crippen molar-refractivity contribution in [1.29, 1.82) is 0 Å². The Labute approximate surface area is 131 Å². The smallest absolute Gasteiger partial charge is 0.363 e. The molecule has 2 aromatic rings. The summed E-state index contributed by atoms with van der Waals surface area (Å²) in [7, 11) is 0. The number of nitro groups is 1. The molecule has 0 unspecified atom stereocenters. The summed E-state index contributed by atoms with van der Waals surface area (Å²) in [5.41, 5.74) is 1.89. The summed E-state index contributed by atoms with van der Waals surface area (Å²) in [6.07, 6.45) is 1.37. The third-order valence-corrected chi connectivity index (χ3v) is 3.42. The number of esters is 1. The van der Waals surface area contributed by atoms with E-state index in [1.54, 1.807) is 24.3 Å². The quantitative estimate of drug-likeness (QED) is 0.377. The molecule has 0 atom stereocenters. The van der Waals surface area contributed by atoms with Gasteiger partial charge in [0, 0.05) is 11.6 Å². The molecule has 6 heteroatoms. The monoisotopic (exact) mass is 308 g/mol. The molecule has 0 radical (unpaired) electrons. The average molecular weight is 308 g/mol. The van der Waals surface area contributed by atoms with Gasteiger partial charge in [-0.05, 0) is 30.7 Å². The molecule has 0 N–H and O–H groups in total. The minimum absolute atomic E-state index is 0.0394. The zero-order valence-corrected chi connectivity index (χ0v) is 12.2. The van der Waals surface area contributed by atoms with Crippen LogP contribution in [0.2, 0.25) is 0 Å². The van der Waals surface area contributed by atoms with E-state index in [4.69, 9.17) is 4.74 Å². The molecule has 0 aliphatic carbocycles. The molecule has 1 aliphatic rings.